The van der Waals surface area contributed by atoms with Crippen LogP contribution >= 0.6 is 11.6 Å². The van der Waals surface area contributed by atoms with Gasteiger partial charge in [-0.1, -0.05) is 17.7 Å². The van der Waals surface area contributed by atoms with Gasteiger partial charge >= 0.3 is 5.97 Å². The third-order valence-electron chi connectivity index (χ3n) is 1.88. The summed E-state index contributed by atoms with van der Waals surface area (Å²) in [6.45, 7) is 0.275. The Labute approximate surface area is 98.0 Å². The van der Waals surface area contributed by atoms with Gasteiger partial charge in [0.15, 0.2) is 5.75 Å². The van der Waals surface area contributed by atoms with Crippen LogP contribution in [0.15, 0.2) is 18.2 Å². The van der Waals surface area contributed by atoms with E-state index in [4.69, 9.17) is 26.7 Å². The van der Waals surface area contributed by atoms with E-state index in [1.807, 2.05) is 6.07 Å². The molecule has 16 heavy (non-hydrogen) atoms. The van der Waals surface area contributed by atoms with Crippen LogP contribution in [0.3, 0.4) is 0 Å². The normalized spacial score (nSPS) is 9.50. The van der Waals surface area contributed by atoms with Crippen molar-refractivity contribution in [1.82, 2.24) is 0 Å². The van der Waals surface area contributed by atoms with E-state index in [9.17, 15) is 4.79 Å². The molecule has 84 valence electrons. The number of rotatable bonds is 5. The van der Waals surface area contributed by atoms with Crippen molar-refractivity contribution in [2.24, 2.45) is 0 Å². The van der Waals surface area contributed by atoms with Crippen molar-refractivity contribution in [2.45, 2.75) is 12.8 Å². The second kappa shape index (κ2) is 5.99. The van der Waals surface area contributed by atoms with E-state index in [-0.39, 0.29) is 22.9 Å². The Hall–Kier alpha value is -1.73. The Balaban J connectivity index is 2.77. The zero-order valence-electron chi connectivity index (χ0n) is 8.44. The Morgan fingerprint density at radius 1 is 1.56 bits per heavy atom. The molecular formula is C11H10ClNO3. The number of nitriles is 1. The standard InChI is InChI=1S/C11H10ClNO3/c12-9-5-3-4-8(11(14)15)10(9)16-7-2-1-6-13/h3-5H,1-2,7H2,(H,14,15). The number of ether oxygens (including phenoxy) is 1. The van der Waals surface area contributed by atoms with Crippen molar-refractivity contribution < 1.29 is 14.6 Å². The summed E-state index contributed by atoms with van der Waals surface area (Å²) in [7, 11) is 0. The molecule has 0 aliphatic rings. The molecule has 1 aromatic carbocycles. The molecule has 0 heterocycles. The zero-order chi connectivity index (χ0) is 12.0. The van der Waals surface area contributed by atoms with Gasteiger partial charge in [-0.25, -0.2) is 4.79 Å². The van der Waals surface area contributed by atoms with Crippen molar-refractivity contribution >= 4 is 17.6 Å². The molecule has 0 fully saturated rings. The third-order valence-corrected chi connectivity index (χ3v) is 2.17. The second-order valence-corrected chi connectivity index (χ2v) is 3.44. The Bertz CT molecular complexity index is 426. The lowest BCUT2D eigenvalue weighted by molar-refractivity contribution is 0.0692. The molecule has 1 N–H and O–H groups in total. The Kier molecular flexibility index (Phi) is 4.62. The minimum absolute atomic E-state index is 0.0319. The number of unbranched alkanes of at least 4 members (excludes halogenated alkanes) is 1. The van der Waals surface area contributed by atoms with Crippen LogP contribution in [0.5, 0.6) is 5.75 Å². The monoisotopic (exact) mass is 239 g/mol. The van der Waals surface area contributed by atoms with Gasteiger partial charge in [-0.2, -0.15) is 5.26 Å². The first kappa shape index (κ1) is 12.3. The minimum atomic E-state index is -1.09. The summed E-state index contributed by atoms with van der Waals surface area (Å²) in [5.41, 5.74) is 0.0319. The number of carboxylic acid groups (broad SMARTS) is 1. The molecule has 0 aliphatic carbocycles. The second-order valence-electron chi connectivity index (χ2n) is 3.03. The predicted molar refractivity (Wildman–Crippen MR) is 58.8 cm³/mol. The SMILES string of the molecule is N#CCCCOc1c(Cl)cccc1C(=O)O. The van der Waals surface area contributed by atoms with E-state index < -0.39 is 5.97 Å². The maximum absolute atomic E-state index is 10.9. The number of nitrogens with zero attached hydrogens (tertiary/aromatic N) is 1. The average molecular weight is 240 g/mol. The van der Waals surface area contributed by atoms with Gasteiger partial charge in [0.2, 0.25) is 0 Å². The summed E-state index contributed by atoms with van der Waals surface area (Å²) >= 11 is 5.83. The summed E-state index contributed by atoms with van der Waals surface area (Å²) < 4.78 is 5.27. The number of benzene rings is 1. The molecule has 0 aromatic heterocycles. The molecule has 0 amide bonds. The largest absolute Gasteiger partial charge is 0.491 e. The molecule has 0 radical (unpaired) electrons. The lowest BCUT2D eigenvalue weighted by Crippen LogP contribution is -2.04. The van der Waals surface area contributed by atoms with Gasteiger partial charge < -0.3 is 9.84 Å². The maximum atomic E-state index is 10.9. The predicted octanol–water partition coefficient (Wildman–Crippen LogP) is 2.72. The van der Waals surface area contributed by atoms with E-state index in [1.54, 1.807) is 12.1 Å². The molecule has 0 bridgehead atoms. The first-order valence-electron chi connectivity index (χ1n) is 4.68. The molecule has 0 saturated heterocycles. The number of para-hydroxylation sites is 1. The topological polar surface area (TPSA) is 70.3 Å². The van der Waals surface area contributed by atoms with Gasteiger partial charge in [0.1, 0.15) is 5.56 Å². The molecule has 0 spiro atoms. The van der Waals surface area contributed by atoms with E-state index in [2.05, 4.69) is 0 Å². The molecule has 1 rings (SSSR count). The Morgan fingerprint density at radius 3 is 2.94 bits per heavy atom. The van der Waals surface area contributed by atoms with Crippen LogP contribution in [-0.2, 0) is 0 Å². The fourth-order valence-electron chi connectivity index (χ4n) is 1.15. The molecule has 0 aliphatic heterocycles. The van der Waals surface area contributed by atoms with Crippen molar-refractivity contribution in [1.29, 1.82) is 5.26 Å². The maximum Gasteiger partial charge on any atom is 0.339 e. The van der Waals surface area contributed by atoms with E-state index >= 15 is 0 Å². The van der Waals surface area contributed by atoms with E-state index in [0.717, 1.165) is 0 Å². The van der Waals surface area contributed by atoms with Crippen molar-refractivity contribution in [3.8, 4) is 11.8 Å². The highest BCUT2D eigenvalue weighted by Gasteiger charge is 2.13. The molecule has 1 aromatic rings. The van der Waals surface area contributed by atoms with Gasteiger partial charge in [-0.15, -0.1) is 0 Å². The average Bonchev–Trinajstić information content (AvgIpc) is 2.25. The summed E-state index contributed by atoms with van der Waals surface area (Å²) in [6, 6.07) is 6.51. The first-order valence-corrected chi connectivity index (χ1v) is 5.06. The van der Waals surface area contributed by atoms with Crippen LogP contribution < -0.4 is 4.74 Å². The van der Waals surface area contributed by atoms with Gasteiger partial charge in [0, 0.05) is 6.42 Å². The highest BCUT2D eigenvalue weighted by Crippen LogP contribution is 2.28. The van der Waals surface area contributed by atoms with Crippen LogP contribution in [0.1, 0.15) is 23.2 Å². The molecule has 5 heteroatoms. The van der Waals surface area contributed by atoms with Crippen molar-refractivity contribution in [3.63, 3.8) is 0 Å². The van der Waals surface area contributed by atoms with Gasteiger partial charge in [0.05, 0.1) is 17.7 Å². The number of hydrogen-bond acceptors (Lipinski definition) is 3. The Morgan fingerprint density at radius 2 is 2.31 bits per heavy atom. The number of halogens is 1. The van der Waals surface area contributed by atoms with Gasteiger partial charge in [0.25, 0.3) is 0 Å². The quantitative estimate of drug-likeness (QED) is 0.802. The van der Waals surface area contributed by atoms with Crippen molar-refractivity contribution in [3.05, 3.63) is 28.8 Å². The third kappa shape index (κ3) is 3.14. The minimum Gasteiger partial charge on any atom is -0.491 e. The zero-order valence-corrected chi connectivity index (χ0v) is 9.20. The molecular weight excluding hydrogens is 230 g/mol. The summed E-state index contributed by atoms with van der Waals surface area (Å²) in [5.74, 6) is -0.924. The van der Waals surface area contributed by atoms with Crippen LogP contribution in [0, 0.1) is 11.3 Å². The van der Waals surface area contributed by atoms with E-state index in [0.29, 0.717) is 12.8 Å². The summed E-state index contributed by atoms with van der Waals surface area (Å²) in [6.07, 6.45) is 0.910. The number of hydrogen-bond donors (Lipinski definition) is 1. The lowest BCUT2D eigenvalue weighted by Gasteiger charge is -2.09. The molecule has 0 unspecified atom stereocenters. The van der Waals surface area contributed by atoms with Crippen LogP contribution in [-0.4, -0.2) is 17.7 Å². The van der Waals surface area contributed by atoms with Gasteiger partial charge in [-0.3, -0.25) is 0 Å². The van der Waals surface area contributed by atoms with Crippen LogP contribution in [0.4, 0.5) is 0 Å². The number of aromatic carboxylic acids is 1. The number of carbonyl (C=O) groups is 1. The molecule has 4 nitrogen and oxygen atoms in total. The van der Waals surface area contributed by atoms with Crippen LogP contribution in [0.25, 0.3) is 0 Å². The molecule has 0 saturated carbocycles. The summed E-state index contributed by atoms with van der Waals surface area (Å²) in [4.78, 5) is 10.9. The highest BCUT2D eigenvalue weighted by molar-refractivity contribution is 6.32. The molecule has 0 atom stereocenters. The lowest BCUT2D eigenvalue weighted by atomic mass is 10.2. The van der Waals surface area contributed by atoms with Gasteiger partial charge in [-0.05, 0) is 18.6 Å². The highest BCUT2D eigenvalue weighted by atomic mass is 35.5. The first-order chi connectivity index (χ1) is 7.66. The number of carboxylic acids is 1. The fraction of sp³-hybridized carbons (Fsp3) is 0.273. The fourth-order valence-corrected chi connectivity index (χ4v) is 1.38. The van der Waals surface area contributed by atoms with Crippen molar-refractivity contribution in [2.75, 3.05) is 6.61 Å². The van der Waals surface area contributed by atoms with Crippen LogP contribution in [0.2, 0.25) is 5.02 Å². The smallest absolute Gasteiger partial charge is 0.339 e. The summed E-state index contributed by atoms with van der Waals surface area (Å²) in [5, 5.41) is 17.5. The van der Waals surface area contributed by atoms with E-state index in [1.165, 1.54) is 6.07 Å².